The molecule has 0 spiro atoms. The Kier molecular flexibility index (Phi) is 6.64. The van der Waals surface area contributed by atoms with E-state index < -0.39 is 0 Å². The third-order valence-corrected chi connectivity index (χ3v) is 4.22. The van der Waals surface area contributed by atoms with Crippen molar-refractivity contribution in [1.82, 2.24) is 5.32 Å². The lowest BCUT2D eigenvalue weighted by Crippen LogP contribution is -3.08. The van der Waals surface area contributed by atoms with Gasteiger partial charge in [-0.25, -0.2) is 0 Å². The number of hydrogen-bond acceptors (Lipinski definition) is 2. The maximum atomic E-state index is 12.2. The summed E-state index contributed by atoms with van der Waals surface area (Å²) in [5, 5.41) is 3.68. The zero-order chi connectivity index (χ0) is 17.5. The molecule has 0 aromatic heterocycles. The average Bonchev–Trinajstić information content (AvgIpc) is 2.55. The van der Waals surface area contributed by atoms with Crippen LogP contribution in [0.2, 0.25) is 5.02 Å². The molecule has 0 radical (unpaired) electrons. The number of methoxy groups -OCH3 is 1. The smallest absolute Gasteiger partial charge is 0.275 e. The Balaban J connectivity index is 1.85. The molecule has 0 aliphatic carbocycles. The van der Waals surface area contributed by atoms with Crippen molar-refractivity contribution in [3.63, 3.8) is 0 Å². The van der Waals surface area contributed by atoms with Gasteiger partial charge in [-0.3, -0.25) is 4.79 Å². The summed E-state index contributed by atoms with van der Waals surface area (Å²) in [4.78, 5) is 13.4. The standard InChI is InChI=1S/C19H23ClN2O2/c1-14(17-6-4-5-7-18(17)20)21-19(23)13-22(2)12-15-8-10-16(24-3)11-9-15/h4-11,14H,12-13H2,1-3H3,(H,21,23)/p+1/t14-/m0/s1. The highest BCUT2D eigenvalue weighted by atomic mass is 35.5. The van der Waals surface area contributed by atoms with Crippen molar-refractivity contribution in [2.24, 2.45) is 0 Å². The molecule has 2 aromatic rings. The zero-order valence-corrected chi connectivity index (χ0v) is 15.1. The first-order chi connectivity index (χ1) is 11.5. The summed E-state index contributed by atoms with van der Waals surface area (Å²) >= 11 is 6.17. The van der Waals surface area contributed by atoms with Crippen molar-refractivity contribution < 1.29 is 14.4 Å². The molecule has 4 nitrogen and oxygen atoms in total. The first kappa shape index (κ1) is 18.3. The molecule has 1 amide bonds. The van der Waals surface area contributed by atoms with Gasteiger partial charge in [-0.15, -0.1) is 0 Å². The number of hydrogen-bond donors (Lipinski definition) is 2. The Morgan fingerprint density at radius 2 is 1.88 bits per heavy atom. The minimum absolute atomic E-state index is 0.00781. The molecular formula is C19H24ClN2O2+. The molecule has 2 aromatic carbocycles. The van der Waals surface area contributed by atoms with Crippen molar-refractivity contribution in [3.8, 4) is 5.75 Å². The normalized spacial score (nSPS) is 13.2. The van der Waals surface area contributed by atoms with Crippen LogP contribution in [0.1, 0.15) is 24.1 Å². The Morgan fingerprint density at radius 1 is 1.21 bits per heavy atom. The van der Waals surface area contributed by atoms with Crippen LogP contribution in [0.25, 0.3) is 0 Å². The quantitative estimate of drug-likeness (QED) is 0.806. The lowest BCUT2D eigenvalue weighted by molar-refractivity contribution is -0.885. The largest absolute Gasteiger partial charge is 0.497 e. The molecule has 2 atom stereocenters. The zero-order valence-electron chi connectivity index (χ0n) is 14.3. The Hall–Kier alpha value is -2.04. The lowest BCUT2D eigenvalue weighted by Gasteiger charge is -2.18. The van der Waals surface area contributed by atoms with Crippen LogP contribution >= 0.6 is 11.6 Å². The highest BCUT2D eigenvalue weighted by molar-refractivity contribution is 6.31. The van der Waals surface area contributed by atoms with Gasteiger partial charge >= 0.3 is 0 Å². The van der Waals surface area contributed by atoms with E-state index in [9.17, 15) is 4.79 Å². The summed E-state index contributed by atoms with van der Waals surface area (Å²) in [7, 11) is 3.65. The van der Waals surface area contributed by atoms with E-state index in [4.69, 9.17) is 16.3 Å². The van der Waals surface area contributed by atoms with Gasteiger partial charge in [0, 0.05) is 10.6 Å². The van der Waals surface area contributed by atoms with Crippen molar-refractivity contribution >= 4 is 17.5 Å². The molecule has 0 fully saturated rings. The Bertz CT molecular complexity index is 673. The van der Waals surface area contributed by atoms with E-state index >= 15 is 0 Å². The number of rotatable bonds is 7. The molecule has 0 bridgehead atoms. The SMILES string of the molecule is COc1ccc(C[NH+](C)CC(=O)N[C@@H](C)c2ccccc2Cl)cc1. The summed E-state index contributed by atoms with van der Waals surface area (Å²) in [6, 6.07) is 15.4. The maximum absolute atomic E-state index is 12.2. The minimum Gasteiger partial charge on any atom is -0.497 e. The summed E-state index contributed by atoms with van der Waals surface area (Å²) in [5.41, 5.74) is 2.10. The van der Waals surface area contributed by atoms with E-state index in [1.54, 1.807) is 7.11 Å². The summed E-state index contributed by atoms with van der Waals surface area (Å²) in [6.07, 6.45) is 0. The second kappa shape index (κ2) is 8.71. The van der Waals surface area contributed by atoms with Gasteiger partial charge in [0.25, 0.3) is 5.91 Å². The Morgan fingerprint density at radius 3 is 2.50 bits per heavy atom. The van der Waals surface area contributed by atoms with Crippen LogP contribution in [0.15, 0.2) is 48.5 Å². The van der Waals surface area contributed by atoms with Crippen LogP contribution in [-0.4, -0.2) is 26.6 Å². The molecule has 24 heavy (non-hydrogen) atoms. The van der Waals surface area contributed by atoms with E-state index in [-0.39, 0.29) is 11.9 Å². The van der Waals surface area contributed by atoms with Gasteiger partial charge in [0.2, 0.25) is 0 Å². The first-order valence-corrected chi connectivity index (χ1v) is 8.35. The maximum Gasteiger partial charge on any atom is 0.275 e. The molecule has 0 aliphatic heterocycles. The fourth-order valence-electron chi connectivity index (χ4n) is 2.62. The highest BCUT2D eigenvalue weighted by Crippen LogP contribution is 2.21. The number of carbonyl (C=O) groups excluding carboxylic acids is 1. The predicted molar refractivity (Wildman–Crippen MR) is 96.5 cm³/mol. The molecule has 0 saturated carbocycles. The van der Waals surface area contributed by atoms with Gasteiger partial charge in [0.15, 0.2) is 6.54 Å². The topological polar surface area (TPSA) is 42.8 Å². The van der Waals surface area contributed by atoms with Gasteiger partial charge in [-0.05, 0) is 42.8 Å². The van der Waals surface area contributed by atoms with Crippen LogP contribution in [0.3, 0.4) is 0 Å². The highest BCUT2D eigenvalue weighted by Gasteiger charge is 2.15. The van der Waals surface area contributed by atoms with Gasteiger partial charge in [0.05, 0.1) is 20.2 Å². The monoisotopic (exact) mass is 347 g/mol. The third-order valence-electron chi connectivity index (χ3n) is 3.88. The molecule has 128 valence electrons. The summed E-state index contributed by atoms with van der Waals surface area (Å²) in [6.45, 7) is 3.12. The number of carbonyl (C=O) groups is 1. The van der Waals surface area contributed by atoms with Crippen molar-refractivity contribution in [2.75, 3.05) is 20.7 Å². The van der Waals surface area contributed by atoms with Crippen molar-refractivity contribution in [3.05, 3.63) is 64.7 Å². The third kappa shape index (κ3) is 5.25. The van der Waals surface area contributed by atoms with Gasteiger partial charge < -0.3 is 15.0 Å². The minimum atomic E-state index is -0.111. The number of ether oxygens (including phenoxy) is 1. The number of likely N-dealkylation sites (N-methyl/N-ethyl adjacent to an activating group) is 1. The van der Waals surface area contributed by atoms with E-state index in [2.05, 4.69) is 5.32 Å². The van der Waals surface area contributed by atoms with Gasteiger partial charge in [0.1, 0.15) is 12.3 Å². The predicted octanol–water partition coefficient (Wildman–Crippen LogP) is 2.24. The summed E-state index contributed by atoms with van der Waals surface area (Å²) in [5.74, 6) is 0.844. The average molecular weight is 348 g/mol. The molecule has 1 unspecified atom stereocenters. The number of amides is 1. The molecule has 0 heterocycles. The number of benzene rings is 2. The van der Waals surface area contributed by atoms with Crippen LogP contribution in [0.4, 0.5) is 0 Å². The van der Waals surface area contributed by atoms with Crippen LogP contribution in [0.5, 0.6) is 5.75 Å². The van der Waals surface area contributed by atoms with Crippen LogP contribution in [0, 0.1) is 0 Å². The van der Waals surface area contributed by atoms with Crippen LogP contribution in [-0.2, 0) is 11.3 Å². The molecule has 5 heteroatoms. The Labute approximate surface area is 148 Å². The van der Waals surface area contributed by atoms with Crippen molar-refractivity contribution in [2.45, 2.75) is 19.5 Å². The van der Waals surface area contributed by atoms with Crippen LogP contribution < -0.4 is 15.0 Å². The molecule has 2 rings (SSSR count). The summed E-state index contributed by atoms with van der Waals surface area (Å²) < 4.78 is 5.15. The van der Waals surface area contributed by atoms with E-state index in [1.807, 2.05) is 62.5 Å². The van der Waals surface area contributed by atoms with Gasteiger partial charge in [-0.1, -0.05) is 29.8 Å². The second-order valence-electron chi connectivity index (χ2n) is 5.97. The van der Waals surface area contributed by atoms with E-state index in [1.165, 1.54) is 5.56 Å². The van der Waals surface area contributed by atoms with E-state index in [0.29, 0.717) is 11.6 Å². The molecule has 0 aliphatic rings. The lowest BCUT2D eigenvalue weighted by atomic mass is 10.1. The second-order valence-corrected chi connectivity index (χ2v) is 6.38. The molecular weight excluding hydrogens is 324 g/mol. The first-order valence-electron chi connectivity index (χ1n) is 7.97. The fraction of sp³-hybridized carbons (Fsp3) is 0.316. The van der Waals surface area contributed by atoms with E-state index in [0.717, 1.165) is 22.8 Å². The number of nitrogens with one attached hydrogen (secondary N) is 2. The van der Waals surface area contributed by atoms with Gasteiger partial charge in [-0.2, -0.15) is 0 Å². The molecule has 2 N–H and O–H groups in total. The number of halogens is 1. The van der Waals surface area contributed by atoms with Crippen molar-refractivity contribution in [1.29, 1.82) is 0 Å². The molecule has 0 saturated heterocycles. The fourth-order valence-corrected chi connectivity index (χ4v) is 2.92. The number of quaternary nitrogens is 1.